The van der Waals surface area contributed by atoms with Crippen LogP contribution < -0.4 is 15.4 Å². The van der Waals surface area contributed by atoms with E-state index in [0.29, 0.717) is 26.2 Å². The number of likely N-dealkylation sites (tertiary alicyclic amines) is 1. The van der Waals surface area contributed by atoms with Gasteiger partial charge < -0.3 is 20.3 Å². The van der Waals surface area contributed by atoms with E-state index >= 15 is 0 Å². The lowest BCUT2D eigenvalue weighted by atomic mass is 9.88. The van der Waals surface area contributed by atoms with Gasteiger partial charge in [-0.05, 0) is 84.3 Å². The van der Waals surface area contributed by atoms with Gasteiger partial charge in [-0.25, -0.2) is 4.98 Å². The molecule has 3 heterocycles. The normalized spacial score (nSPS) is 19.1. The summed E-state index contributed by atoms with van der Waals surface area (Å²) in [5.74, 6) is 1.08. The topological polar surface area (TPSA) is 111 Å². The number of methoxy groups -OCH3 is 1. The molecule has 1 atom stereocenters. The Hall–Kier alpha value is -4.44. The van der Waals surface area contributed by atoms with Gasteiger partial charge in [-0.15, -0.1) is 11.3 Å². The molecular formula is C33H36N6O3S. The highest BCUT2D eigenvalue weighted by atomic mass is 32.1. The first kappa shape index (κ1) is 28.7. The van der Waals surface area contributed by atoms with Gasteiger partial charge in [0.15, 0.2) is 5.96 Å². The SMILES string of the molecule is COc1ccc(CNc2ccc3ncsc3c2)c(-c2cccc(C3(C)NC(=N)N(CC4CCN(C(C)=O)CC4)C3=O)c2)c1. The molecule has 2 amide bonds. The number of carbonyl (C=O) groups excluding carboxylic acids is 2. The molecule has 0 radical (unpaired) electrons. The first-order valence-corrected chi connectivity index (χ1v) is 15.4. The van der Waals surface area contributed by atoms with Crippen LogP contribution in [0.25, 0.3) is 21.3 Å². The summed E-state index contributed by atoms with van der Waals surface area (Å²) in [6, 6.07) is 20.2. The third-order valence-corrected chi connectivity index (χ3v) is 9.49. The molecule has 2 aliphatic heterocycles. The fourth-order valence-electron chi connectivity index (χ4n) is 6.05. The predicted octanol–water partition coefficient (Wildman–Crippen LogP) is 5.42. The number of hydrogen-bond donors (Lipinski definition) is 3. The summed E-state index contributed by atoms with van der Waals surface area (Å²) in [5.41, 5.74) is 6.66. The van der Waals surface area contributed by atoms with Crippen molar-refractivity contribution in [1.29, 1.82) is 5.41 Å². The number of carbonyl (C=O) groups is 2. The van der Waals surface area contributed by atoms with E-state index in [9.17, 15) is 9.59 Å². The molecule has 6 rings (SSSR count). The third kappa shape index (κ3) is 5.67. The summed E-state index contributed by atoms with van der Waals surface area (Å²) in [7, 11) is 1.66. The molecule has 3 aromatic carbocycles. The van der Waals surface area contributed by atoms with Crippen LogP contribution >= 0.6 is 11.3 Å². The summed E-state index contributed by atoms with van der Waals surface area (Å²) in [6.45, 7) is 5.91. The molecule has 0 saturated carbocycles. The second-order valence-corrected chi connectivity index (χ2v) is 12.3. The molecule has 1 unspecified atom stereocenters. The zero-order valence-electron chi connectivity index (χ0n) is 24.6. The number of ether oxygens (including phenoxy) is 1. The number of rotatable bonds is 8. The summed E-state index contributed by atoms with van der Waals surface area (Å²) < 4.78 is 6.71. The van der Waals surface area contributed by atoms with Crippen LogP contribution in [0.5, 0.6) is 5.75 Å². The van der Waals surface area contributed by atoms with E-state index in [1.807, 2.05) is 65.9 Å². The molecule has 0 aliphatic carbocycles. The Morgan fingerprint density at radius 2 is 1.98 bits per heavy atom. The van der Waals surface area contributed by atoms with Crippen molar-refractivity contribution in [3.05, 3.63) is 77.3 Å². The largest absolute Gasteiger partial charge is 0.497 e. The van der Waals surface area contributed by atoms with Crippen LogP contribution in [0.4, 0.5) is 5.69 Å². The molecule has 2 aliphatic rings. The highest BCUT2D eigenvalue weighted by molar-refractivity contribution is 7.16. The first-order valence-electron chi connectivity index (χ1n) is 14.5. The summed E-state index contributed by atoms with van der Waals surface area (Å²) >= 11 is 1.62. The van der Waals surface area contributed by atoms with Gasteiger partial charge in [0.2, 0.25) is 5.91 Å². The van der Waals surface area contributed by atoms with Crippen molar-refractivity contribution in [2.24, 2.45) is 5.92 Å². The van der Waals surface area contributed by atoms with E-state index in [0.717, 1.165) is 56.7 Å². The smallest absolute Gasteiger partial charge is 0.259 e. The summed E-state index contributed by atoms with van der Waals surface area (Å²) in [4.78, 5) is 33.4. The summed E-state index contributed by atoms with van der Waals surface area (Å²) in [6.07, 6.45) is 1.65. The fourth-order valence-corrected chi connectivity index (χ4v) is 6.77. The number of fused-ring (bicyclic) bond motifs is 1. The van der Waals surface area contributed by atoms with E-state index in [1.54, 1.807) is 30.3 Å². The quantitative estimate of drug-likeness (QED) is 0.250. The van der Waals surface area contributed by atoms with Crippen LogP contribution in [0.2, 0.25) is 0 Å². The lowest BCUT2D eigenvalue weighted by molar-refractivity contribution is -0.133. The Morgan fingerprint density at radius 3 is 2.74 bits per heavy atom. The number of nitrogens with one attached hydrogen (secondary N) is 3. The van der Waals surface area contributed by atoms with Crippen LogP contribution in [0, 0.1) is 11.3 Å². The zero-order valence-corrected chi connectivity index (χ0v) is 25.5. The minimum atomic E-state index is -1.06. The molecule has 43 heavy (non-hydrogen) atoms. The maximum atomic E-state index is 13.9. The molecule has 2 saturated heterocycles. The maximum Gasteiger partial charge on any atom is 0.259 e. The van der Waals surface area contributed by atoms with Gasteiger partial charge in [0.25, 0.3) is 5.91 Å². The van der Waals surface area contributed by atoms with Gasteiger partial charge in [-0.1, -0.05) is 24.3 Å². The van der Waals surface area contributed by atoms with E-state index in [4.69, 9.17) is 10.1 Å². The van der Waals surface area contributed by atoms with E-state index in [2.05, 4.69) is 27.8 Å². The monoisotopic (exact) mass is 596 g/mol. The standard InChI is InChI=1S/C33H36N6O3S/c1-21(40)38-13-11-22(12-14-38)19-39-31(41)33(2,37-32(39)34)25-6-4-5-23(15-25)28-17-27(42-3)9-7-24(28)18-35-26-8-10-29-30(16-26)43-20-36-29/h4-10,15-17,20,22,35H,11-14,18-19H2,1-3H3,(H2,34,37). The number of amides is 2. The molecule has 3 N–H and O–H groups in total. The first-order chi connectivity index (χ1) is 20.7. The number of piperidine rings is 1. The Bertz CT molecular complexity index is 1690. The number of benzene rings is 3. The van der Waals surface area contributed by atoms with Gasteiger partial charge >= 0.3 is 0 Å². The van der Waals surface area contributed by atoms with Crippen molar-refractivity contribution >= 4 is 45.0 Å². The average molecular weight is 597 g/mol. The number of anilines is 1. The van der Waals surface area contributed by atoms with Gasteiger partial charge in [-0.2, -0.15) is 0 Å². The second-order valence-electron chi connectivity index (χ2n) is 11.5. The van der Waals surface area contributed by atoms with Crippen LogP contribution in [-0.2, 0) is 21.7 Å². The van der Waals surface area contributed by atoms with Crippen molar-refractivity contribution in [2.75, 3.05) is 32.1 Å². The number of thiazole rings is 1. The highest BCUT2D eigenvalue weighted by Gasteiger charge is 2.47. The lowest BCUT2D eigenvalue weighted by Gasteiger charge is -2.33. The number of hydrogen-bond acceptors (Lipinski definition) is 7. The minimum absolute atomic E-state index is 0.0879. The molecule has 2 fully saturated rings. The minimum Gasteiger partial charge on any atom is -0.497 e. The number of aromatic nitrogens is 1. The molecule has 222 valence electrons. The predicted molar refractivity (Wildman–Crippen MR) is 170 cm³/mol. The molecule has 4 aromatic rings. The molecule has 0 bridgehead atoms. The van der Waals surface area contributed by atoms with Gasteiger partial charge in [0.05, 0.1) is 22.8 Å². The second kappa shape index (κ2) is 11.7. The molecule has 1 aromatic heterocycles. The molecule has 10 heteroatoms. The van der Waals surface area contributed by atoms with E-state index < -0.39 is 5.54 Å². The van der Waals surface area contributed by atoms with Crippen LogP contribution in [0.15, 0.2) is 66.2 Å². The zero-order chi connectivity index (χ0) is 30.1. The van der Waals surface area contributed by atoms with Crippen LogP contribution in [0.3, 0.4) is 0 Å². The Labute approximate surface area is 255 Å². The van der Waals surface area contributed by atoms with Crippen molar-refractivity contribution < 1.29 is 14.3 Å². The van der Waals surface area contributed by atoms with Crippen molar-refractivity contribution in [3.63, 3.8) is 0 Å². The van der Waals surface area contributed by atoms with E-state index in [-0.39, 0.29) is 23.7 Å². The fraction of sp³-hybridized carbons (Fsp3) is 0.333. The third-order valence-electron chi connectivity index (χ3n) is 8.69. The molecular weight excluding hydrogens is 560 g/mol. The van der Waals surface area contributed by atoms with Gasteiger partial charge in [-0.3, -0.25) is 19.9 Å². The Morgan fingerprint density at radius 1 is 1.16 bits per heavy atom. The van der Waals surface area contributed by atoms with Crippen molar-refractivity contribution in [2.45, 2.75) is 38.8 Å². The number of guanidine groups is 1. The van der Waals surface area contributed by atoms with Crippen molar-refractivity contribution in [3.8, 4) is 16.9 Å². The molecule has 0 spiro atoms. The maximum absolute atomic E-state index is 13.9. The van der Waals surface area contributed by atoms with Gasteiger partial charge in [0, 0.05) is 38.8 Å². The average Bonchev–Trinajstić information content (AvgIpc) is 3.58. The van der Waals surface area contributed by atoms with Crippen molar-refractivity contribution in [1.82, 2.24) is 20.1 Å². The molecule has 9 nitrogen and oxygen atoms in total. The van der Waals surface area contributed by atoms with Crippen LogP contribution in [-0.4, -0.2) is 59.3 Å². The number of nitrogens with zero attached hydrogens (tertiary/aromatic N) is 3. The Balaban J connectivity index is 1.23. The van der Waals surface area contributed by atoms with Gasteiger partial charge in [0.1, 0.15) is 11.3 Å². The Kier molecular flexibility index (Phi) is 7.79. The lowest BCUT2D eigenvalue weighted by Crippen LogP contribution is -2.43. The highest BCUT2D eigenvalue weighted by Crippen LogP contribution is 2.35. The summed E-state index contributed by atoms with van der Waals surface area (Å²) in [5, 5.41) is 15.4. The van der Waals surface area contributed by atoms with E-state index in [1.165, 1.54) is 0 Å². The van der Waals surface area contributed by atoms with Crippen LogP contribution in [0.1, 0.15) is 37.8 Å².